The van der Waals surface area contributed by atoms with E-state index in [0.29, 0.717) is 30.2 Å². The summed E-state index contributed by atoms with van der Waals surface area (Å²) in [5.41, 5.74) is 0. The van der Waals surface area contributed by atoms with Crippen LogP contribution in [-0.4, -0.2) is 42.4 Å². The van der Waals surface area contributed by atoms with E-state index < -0.39 is 18.5 Å². The summed E-state index contributed by atoms with van der Waals surface area (Å²) >= 11 is 6.13. The first-order valence-electron chi connectivity index (χ1n) is 7.85. The van der Waals surface area contributed by atoms with Gasteiger partial charge in [-0.3, -0.25) is 14.5 Å². The molecule has 1 aliphatic rings. The summed E-state index contributed by atoms with van der Waals surface area (Å²) < 4.78 is 10.4. The van der Waals surface area contributed by atoms with E-state index in [1.165, 1.54) is 0 Å². The van der Waals surface area contributed by atoms with Crippen LogP contribution in [0, 0.1) is 0 Å². The van der Waals surface area contributed by atoms with Gasteiger partial charge < -0.3 is 9.47 Å². The van der Waals surface area contributed by atoms with Crippen LogP contribution in [0.4, 0.5) is 0 Å². The van der Waals surface area contributed by atoms with Crippen molar-refractivity contribution in [3.8, 4) is 5.75 Å². The molecular weight excluding hydrogens is 346 g/mol. The van der Waals surface area contributed by atoms with Crippen LogP contribution >= 0.6 is 11.6 Å². The quantitative estimate of drug-likeness (QED) is 0.765. The van der Waals surface area contributed by atoms with Crippen LogP contribution in [0.5, 0.6) is 5.75 Å². The second-order valence-corrected chi connectivity index (χ2v) is 5.99. The summed E-state index contributed by atoms with van der Waals surface area (Å²) in [4.78, 5) is 36.2. The maximum Gasteiger partial charge on any atom is 0.344 e. The number of hydrogen-bond acceptors (Lipinski definition) is 5. The minimum atomic E-state index is -0.681. The molecule has 25 heavy (non-hydrogen) atoms. The van der Waals surface area contributed by atoms with Gasteiger partial charge in [-0.1, -0.05) is 35.9 Å². The van der Waals surface area contributed by atoms with Crippen molar-refractivity contribution in [2.75, 3.05) is 19.8 Å². The zero-order chi connectivity index (χ0) is 17.8. The second kappa shape index (κ2) is 7.53. The highest BCUT2D eigenvalue weighted by molar-refractivity contribution is 6.35. The predicted octanol–water partition coefficient (Wildman–Crippen LogP) is 2.56. The number of rotatable bonds is 5. The van der Waals surface area contributed by atoms with E-state index >= 15 is 0 Å². The molecule has 1 fully saturated rings. The van der Waals surface area contributed by atoms with Gasteiger partial charge in [0.25, 0.3) is 5.91 Å². The summed E-state index contributed by atoms with van der Waals surface area (Å²) in [6.45, 7) is -0.426. The molecule has 1 saturated heterocycles. The van der Waals surface area contributed by atoms with E-state index in [4.69, 9.17) is 21.1 Å². The molecule has 0 unspecified atom stereocenters. The highest BCUT2D eigenvalue weighted by Crippen LogP contribution is 2.31. The number of nitrogens with zero attached hydrogens (tertiary/aromatic N) is 1. The Balaban J connectivity index is 1.55. The molecule has 7 heteroatoms. The summed E-state index contributed by atoms with van der Waals surface area (Å²) in [5.74, 6) is -0.922. The molecule has 0 aromatic heterocycles. The Hall–Kier alpha value is -2.60. The van der Waals surface area contributed by atoms with Gasteiger partial charge in [-0.25, -0.2) is 4.79 Å². The minimum absolute atomic E-state index is 0.232. The number of likely N-dealkylation sites (tertiary alicyclic amines) is 1. The minimum Gasteiger partial charge on any atom is -0.481 e. The van der Waals surface area contributed by atoms with Gasteiger partial charge >= 0.3 is 5.97 Å². The van der Waals surface area contributed by atoms with E-state index in [9.17, 15) is 14.4 Å². The molecule has 1 heterocycles. The summed E-state index contributed by atoms with van der Waals surface area (Å²) in [6, 6.07) is 10.8. The zero-order valence-electron chi connectivity index (χ0n) is 13.4. The smallest absolute Gasteiger partial charge is 0.344 e. The average molecular weight is 362 g/mol. The lowest BCUT2D eigenvalue weighted by Gasteiger charge is -2.14. The summed E-state index contributed by atoms with van der Waals surface area (Å²) in [7, 11) is 0. The normalized spacial score (nSPS) is 14.0. The van der Waals surface area contributed by atoms with Gasteiger partial charge in [0.15, 0.2) is 13.2 Å². The Morgan fingerprint density at radius 1 is 1.08 bits per heavy atom. The standard InChI is InChI=1S/C18H16ClNO5/c19-14-7-8-15(13-5-2-1-4-12(13)14)24-11-18(23)25-10-17(22)20-9-3-6-16(20)21/h1-2,4-5,7-8H,3,6,9-11H2. The van der Waals surface area contributed by atoms with E-state index in [1.807, 2.05) is 24.3 Å². The molecule has 0 N–H and O–H groups in total. The van der Waals surface area contributed by atoms with E-state index in [1.54, 1.807) is 12.1 Å². The van der Waals surface area contributed by atoms with Crippen molar-refractivity contribution in [2.45, 2.75) is 12.8 Å². The number of carbonyl (C=O) groups excluding carboxylic acids is 3. The number of ether oxygens (including phenoxy) is 2. The molecule has 2 amide bonds. The lowest BCUT2D eigenvalue weighted by Crippen LogP contribution is -2.35. The van der Waals surface area contributed by atoms with Gasteiger partial charge in [-0.15, -0.1) is 0 Å². The largest absolute Gasteiger partial charge is 0.481 e. The number of halogens is 1. The van der Waals surface area contributed by atoms with Crippen LogP contribution in [0.2, 0.25) is 5.02 Å². The molecule has 2 aromatic carbocycles. The maximum absolute atomic E-state index is 11.8. The molecule has 130 valence electrons. The van der Waals surface area contributed by atoms with Gasteiger partial charge in [-0.05, 0) is 18.6 Å². The second-order valence-electron chi connectivity index (χ2n) is 5.58. The molecule has 2 aromatic rings. The van der Waals surface area contributed by atoms with Crippen molar-refractivity contribution in [3.05, 3.63) is 41.4 Å². The van der Waals surface area contributed by atoms with Gasteiger partial charge in [0.2, 0.25) is 5.91 Å². The SMILES string of the molecule is O=C(COc1ccc(Cl)c2ccccc12)OCC(=O)N1CCCC1=O. The first kappa shape index (κ1) is 17.2. The zero-order valence-corrected chi connectivity index (χ0v) is 14.1. The van der Waals surface area contributed by atoms with Crippen molar-refractivity contribution in [2.24, 2.45) is 0 Å². The first-order valence-corrected chi connectivity index (χ1v) is 8.23. The van der Waals surface area contributed by atoms with Crippen molar-refractivity contribution >= 4 is 40.2 Å². The molecule has 1 aliphatic heterocycles. The number of carbonyl (C=O) groups is 3. The Bertz CT molecular complexity index is 835. The number of hydrogen-bond donors (Lipinski definition) is 0. The van der Waals surface area contributed by atoms with Crippen molar-refractivity contribution in [3.63, 3.8) is 0 Å². The van der Waals surface area contributed by atoms with Crippen LogP contribution < -0.4 is 4.74 Å². The van der Waals surface area contributed by atoms with Crippen LogP contribution in [-0.2, 0) is 19.1 Å². The highest BCUT2D eigenvalue weighted by atomic mass is 35.5. The maximum atomic E-state index is 11.8. The molecule has 0 radical (unpaired) electrons. The molecule has 6 nitrogen and oxygen atoms in total. The first-order chi connectivity index (χ1) is 12.1. The third kappa shape index (κ3) is 3.91. The Labute approximate surface area is 149 Å². The number of imide groups is 1. The van der Waals surface area contributed by atoms with Crippen LogP contribution in [0.15, 0.2) is 36.4 Å². The summed E-state index contributed by atoms with van der Waals surface area (Å²) in [6.07, 6.45) is 0.998. The fourth-order valence-electron chi connectivity index (χ4n) is 2.67. The molecule has 0 aliphatic carbocycles. The van der Waals surface area contributed by atoms with Crippen LogP contribution in [0.3, 0.4) is 0 Å². The van der Waals surface area contributed by atoms with Gasteiger partial charge in [0.1, 0.15) is 5.75 Å². The lowest BCUT2D eigenvalue weighted by molar-refractivity contribution is -0.155. The third-order valence-corrected chi connectivity index (χ3v) is 4.24. The fourth-order valence-corrected chi connectivity index (χ4v) is 2.90. The number of benzene rings is 2. The number of fused-ring (bicyclic) bond motifs is 1. The lowest BCUT2D eigenvalue weighted by atomic mass is 10.1. The highest BCUT2D eigenvalue weighted by Gasteiger charge is 2.27. The van der Waals surface area contributed by atoms with Crippen LogP contribution in [0.1, 0.15) is 12.8 Å². The van der Waals surface area contributed by atoms with Crippen molar-refractivity contribution in [1.82, 2.24) is 4.90 Å². The Kier molecular flexibility index (Phi) is 5.19. The van der Waals surface area contributed by atoms with E-state index in [0.717, 1.165) is 15.7 Å². The average Bonchev–Trinajstić information content (AvgIpc) is 3.05. The van der Waals surface area contributed by atoms with Gasteiger partial charge in [0.05, 0.1) is 0 Å². The third-order valence-electron chi connectivity index (χ3n) is 3.91. The molecule has 0 saturated carbocycles. The fraction of sp³-hybridized carbons (Fsp3) is 0.278. The molecule has 3 rings (SSSR count). The molecular formula is C18H16ClNO5. The Morgan fingerprint density at radius 2 is 1.84 bits per heavy atom. The summed E-state index contributed by atoms with van der Waals surface area (Å²) in [5, 5.41) is 2.19. The number of esters is 1. The molecule has 0 bridgehead atoms. The van der Waals surface area contributed by atoms with Gasteiger partial charge in [-0.2, -0.15) is 0 Å². The van der Waals surface area contributed by atoms with Crippen LogP contribution in [0.25, 0.3) is 10.8 Å². The van der Waals surface area contributed by atoms with E-state index in [2.05, 4.69) is 0 Å². The van der Waals surface area contributed by atoms with Gasteiger partial charge in [0, 0.05) is 28.8 Å². The topological polar surface area (TPSA) is 72.9 Å². The molecule has 0 atom stereocenters. The van der Waals surface area contributed by atoms with E-state index in [-0.39, 0.29) is 12.5 Å². The van der Waals surface area contributed by atoms with Crippen molar-refractivity contribution in [1.29, 1.82) is 0 Å². The Morgan fingerprint density at radius 3 is 2.56 bits per heavy atom. The molecule has 0 spiro atoms. The van der Waals surface area contributed by atoms with Crippen molar-refractivity contribution < 1.29 is 23.9 Å². The monoisotopic (exact) mass is 361 g/mol. The number of amides is 2. The predicted molar refractivity (Wildman–Crippen MR) is 91.4 cm³/mol.